The topological polar surface area (TPSA) is 89.6 Å². The zero-order valence-corrected chi connectivity index (χ0v) is 19.1. The molecule has 0 aliphatic heterocycles. The van der Waals surface area contributed by atoms with Crippen molar-refractivity contribution in [3.8, 4) is 17.0 Å². The predicted molar refractivity (Wildman–Crippen MR) is 118 cm³/mol. The number of rotatable bonds is 4. The molecule has 0 fully saturated rings. The van der Waals surface area contributed by atoms with Crippen LogP contribution < -0.4 is 4.74 Å². The average Bonchev–Trinajstić information content (AvgIpc) is 3.25. The van der Waals surface area contributed by atoms with Gasteiger partial charge in [-0.15, -0.1) is 11.3 Å². The molecule has 4 aromatic heterocycles. The quantitative estimate of drug-likeness (QED) is 0.444. The van der Waals surface area contributed by atoms with Crippen LogP contribution in [0.4, 0.5) is 13.2 Å². The van der Waals surface area contributed by atoms with Gasteiger partial charge in [0.15, 0.2) is 0 Å². The van der Waals surface area contributed by atoms with Crippen molar-refractivity contribution in [1.82, 2.24) is 19.4 Å². The van der Waals surface area contributed by atoms with Gasteiger partial charge < -0.3 is 14.2 Å². The fourth-order valence-electron chi connectivity index (χ4n) is 3.16. The second kappa shape index (κ2) is 9.57. The number of pyridine rings is 2. The normalized spacial score (nSPS) is 11.2. The molecule has 0 atom stereocenters. The van der Waals surface area contributed by atoms with Gasteiger partial charge in [0.05, 0.1) is 29.2 Å². The number of alkyl halides is 3. The van der Waals surface area contributed by atoms with Gasteiger partial charge in [0.2, 0.25) is 5.88 Å². The van der Waals surface area contributed by atoms with Crippen molar-refractivity contribution in [1.29, 1.82) is 0 Å². The van der Waals surface area contributed by atoms with Gasteiger partial charge in [-0.05, 0) is 39.0 Å². The van der Waals surface area contributed by atoms with E-state index < -0.39 is 12.1 Å². The highest BCUT2D eigenvalue weighted by atomic mass is 32.1. The Morgan fingerprint density at radius 2 is 1.76 bits per heavy atom. The van der Waals surface area contributed by atoms with Crippen molar-refractivity contribution in [3.05, 3.63) is 63.6 Å². The first-order chi connectivity index (χ1) is 15.5. The molecule has 174 valence electrons. The molecule has 4 aromatic rings. The van der Waals surface area contributed by atoms with E-state index in [1.807, 2.05) is 18.3 Å². The fourth-order valence-corrected chi connectivity index (χ4v) is 4.10. The summed E-state index contributed by atoms with van der Waals surface area (Å²) in [6, 6.07) is 8.04. The number of carboxylic acids is 1. The van der Waals surface area contributed by atoms with E-state index in [0.717, 1.165) is 39.6 Å². The molecule has 0 saturated carbocycles. The molecule has 1 N–H and O–H groups in total. The van der Waals surface area contributed by atoms with E-state index in [2.05, 4.69) is 53.5 Å². The highest BCUT2D eigenvalue weighted by Gasteiger charge is 2.38. The molecule has 0 spiro atoms. The summed E-state index contributed by atoms with van der Waals surface area (Å²) in [6.07, 6.45) is -0.272. The molecule has 33 heavy (non-hydrogen) atoms. The average molecular weight is 478 g/mol. The molecule has 0 amide bonds. The van der Waals surface area contributed by atoms with Crippen molar-refractivity contribution < 1.29 is 27.8 Å². The largest absolute Gasteiger partial charge is 0.490 e. The van der Waals surface area contributed by atoms with Gasteiger partial charge in [0.25, 0.3) is 0 Å². The first-order valence-electron chi connectivity index (χ1n) is 9.70. The number of aromatic nitrogens is 4. The summed E-state index contributed by atoms with van der Waals surface area (Å²) < 4.78 is 39.1. The summed E-state index contributed by atoms with van der Waals surface area (Å²) in [5.74, 6) is -2.14. The minimum Gasteiger partial charge on any atom is -0.481 e. The number of aliphatic carboxylic acids is 1. The summed E-state index contributed by atoms with van der Waals surface area (Å²) in [4.78, 5) is 23.8. The van der Waals surface area contributed by atoms with Gasteiger partial charge in [0.1, 0.15) is 5.65 Å². The van der Waals surface area contributed by atoms with E-state index in [1.165, 1.54) is 10.6 Å². The number of nitrogens with zero attached hydrogens (tertiary/aromatic N) is 4. The Labute approximate surface area is 191 Å². The molecule has 0 unspecified atom stereocenters. The fraction of sp³-hybridized carbons (Fsp3) is 0.273. The van der Waals surface area contributed by atoms with Crippen molar-refractivity contribution in [2.45, 2.75) is 33.4 Å². The van der Waals surface area contributed by atoms with Crippen molar-refractivity contribution in [2.24, 2.45) is 0 Å². The molecular weight excluding hydrogens is 457 g/mol. The smallest absolute Gasteiger partial charge is 0.481 e. The van der Waals surface area contributed by atoms with Crippen LogP contribution in [0.15, 0.2) is 36.7 Å². The molecule has 4 rings (SSSR count). The lowest BCUT2D eigenvalue weighted by molar-refractivity contribution is -0.192. The van der Waals surface area contributed by atoms with Gasteiger partial charge in [-0.2, -0.15) is 13.2 Å². The SMILES string of the molecule is COc1ccc(-c2ccc3nc(C)c(Cc4sc(C)nc4C)n3c2)cn1.O=C(O)C(F)(F)F. The summed E-state index contributed by atoms with van der Waals surface area (Å²) in [7, 11) is 1.62. The zero-order valence-electron chi connectivity index (χ0n) is 18.3. The van der Waals surface area contributed by atoms with Crippen LogP contribution in [0.5, 0.6) is 5.88 Å². The summed E-state index contributed by atoms with van der Waals surface area (Å²) >= 11 is 1.76. The van der Waals surface area contributed by atoms with Gasteiger partial charge >= 0.3 is 12.1 Å². The third-order valence-corrected chi connectivity index (χ3v) is 5.84. The highest BCUT2D eigenvalue weighted by molar-refractivity contribution is 7.11. The summed E-state index contributed by atoms with van der Waals surface area (Å²) in [5, 5.41) is 8.23. The van der Waals surface area contributed by atoms with Crippen LogP contribution in [0.1, 0.15) is 27.0 Å². The Bertz CT molecular complexity index is 1280. The number of carbonyl (C=O) groups is 1. The Morgan fingerprint density at radius 3 is 2.27 bits per heavy atom. The molecule has 0 aliphatic rings. The molecule has 0 aliphatic carbocycles. The van der Waals surface area contributed by atoms with Crippen molar-refractivity contribution in [3.63, 3.8) is 0 Å². The number of hydrogen-bond acceptors (Lipinski definition) is 6. The lowest BCUT2D eigenvalue weighted by atomic mass is 10.1. The van der Waals surface area contributed by atoms with E-state index in [-0.39, 0.29) is 0 Å². The van der Waals surface area contributed by atoms with Crippen LogP contribution >= 0.6 is 11.3 Å². The Balaban J connectivity index is 0.000000383. The van der Waals surface area contributed by atoms with E-state index in [9.17, 15) is 13.2 Å². The highest BCUT2D eigenvalue weighted by Crippen LogP contribution is 2.26. The lowest BCUT2D eigenvalue weighted by Crippen LogP contribution is -2.21. The first-order valence-corrected chi connectivity index (χ1v) is 10.5. The van der Waals surface area contributed by atoms with E-state index >= 15 is 0 Å². The second-order valence-corrected chi connectivity index (χ2v) is 8.39. The number of fused-ring (bicyclic) bond motifs is 1. The predicted octanol–water partition coefficient (Wildman–Crippen LogP) is 5.01. The first kappa shape index (κ1) is 24.2. The Kier molecular flexibility index (Phi) is 7.01. The number of hydrogen-bond donors (Lipinski definition) is 1. The van der Waals surface area contributed by atoms with E-state index in [4.69, 9.17) is 19.6 Å². The molecule has 11 heteroatoms. The van der Waals surface area contributed by atoms with Crippen LogP contribution in [0.2, 0.25) is 0 Å². The van der Waals surface area contributed by atoms with Crippen LogP contribution in [-0.2, 0) is 11.2 Å². The minimum absolute atomic E-state index is 0.616. The van der Waals surface area contributed by atoms with Gasteiger partial charge in [-0.25, -0.2) is 19.7 Å². The Morgan fingerprint density at radius 1 is 1.09 bits per heavy atom. The second-order valence-electron chi connectivity index (χ2n) is 7.10. The number of thiazole rings is 1. The number of imidazole rings is 1. The van der Waals surface area contributed by atoms with Crippen LogP contribution in [0.25, 0.3) is 16.8 Å². The monoisotopic (exact) mass is 478 g/mol. The summed E-state index contributed by atoms with van der Waals surface area (Å²) in [5.41, 5.74) is 6.48. The molecule has 0 bridgehead atoms. The number of methoxy groups -OCH3 is 1. The van der Waals surface area contributed by atoms with Crippen LogP contribution in [0, 0.1) is 20.8 Å². The van der Waals surface area contributed by atoms with Crippen LogP contribution in [0.3, 0.4) is 0 Å². The molecule has 0 saturated heterocycles. The van der Waals surface area contributed by atoms with Gasteiger partial charge in [-0.3, -0.25) is 0 Å². The van der Waals surface area contributed by atoms with Crippen molar-refractivity contribution >= 4 is 23.0 Å². The molecule has 0 radical (unpaired) electrons. The van der Waals surface area contributed by atoms with Crippen molar-refractivity contribution in [2.75, 3.05) is 7.11 Å². The zero-order chi connectivity index (χ0) is 24.3. The summed E-state index contributed by atoms with van der Waals surface area (Å²) in [6.45, 7) is 6.20. The molecule has 4 heterocycles. The maximum atomic E-state index is 10.6. The van der Waals surface area contributed by atoms with Gasteiger partial charge in [-0.1, -0.05) is 0 Å². The van der Waals surface area contributed by atoms with E-state index in [0.29, 0.717) is 5.88 Å². The lowest BCUT2D eigenvalue weighted by Gasteiger charge is -2.07. The van der Waals surface area contributed by atoms with Crippen LogP contribution in [-0.4, -0.2) is 43.7 Å². The third-order valence-electron chi connectivity index (χ3n) is 4.77. The number of halogens is 3. The standard InChI is InChI=1S/C20H20N4OS.C2HF3O2/c1-12-17(9-18-13(2)22-14(3)26-18)24-11-16(5-7-19(24)23-12)15-6-8-20(25-4)21-10-15;3-2(4,5)1(6)7/h5-8,10-11H,9H2,1-4H3;(H,6,7). The molecule has 0 aromatic carbocycles. The molecular formula is C22H21F3N4O3S. The molecule has 7 nitrogen and oxygen atoms in total. The number of ether oxygens (including phenoxy) is 1. The maximum absolute atomic E-state index is 10.6. The Hall–Kier alpha value is -3.47. The van der Waals surface area contributed by atoms with E-state index in [1.54, 1.807) is 18.4 Å². The number of aryl methyl sites for hydroxylation is 3. The number of carboxylic acid groups (broad SMARTS) is 1. The maximum Gasteiger partial charge on any atom is 0.490 e. The van der Waals surface area contributed by atoms with Gasteiger partial charge in [0, 0.05) is 40.9 Å². The third kappa shape index (κ3) is 5.67. The minimum atomic E-state index is -5.08.